The SMILES string of the molecule is CC(C)C(=O)C(N)C(=O)O.Cl. The number of carbonyl (C=O) groups is 2. The van der Waals surface area contributed by atoms with Gasteiger partial charge >= 0.3 is 5.97 Å². The average Bonchev–Trinajstić information content (AvgIpc) is 1.84. The molecule has 1 atom stereocenters. The number of hydrogen-bond donors (Lipinski definition) is 2. The summed E-state index contributed by atoms with van der Waals surface area (Å²) in [6.45, 7) is 3.23. The molecule has 0 amide bonds. The molecule has 1 unspecified atom stereocenters. The number of carbonyl (C=O) groups excluding carboxylic acids is 1. The summed E-state index contributed by atoms with van der Waals surface area (Å²) < 4.78 is 0. The molecule has 0 aliphatic rings. The Morgan fingerprint density at radius 2 is 1.73 bits per heavy atom. The van der Waals surface area contributed by atoms with Gasteiger partial charge in [0, 0.05) is 5.92 Å². The van der Waals surface area contributed by atoms with Gasteiger partial charge < -0.3 is 10.8 Å². The summed E-state index contributed by atoms with van der Waals surface area (Å²) in [7, 11) is 0. The van der Waals surface area contributed by atoms with Crippen LogP contribution in [0.2, 0.25) is 0 Å². The monoisotopic (exact) mass is 181 g/mol. The Balaban J connectivity index is 0. The van der Waals surface area contributed by atoms with Crippen molar-refractivity contribution in [2.75, 3.05) is 0 Å². The lowest BCUT2D eigenvalue weighted by molar-refractivity contribution is -0.143. The Bertz CT molecular complexity index is 158. The molecule has 0 radical (unpaired) electrons. The zero-order valence-corrected chi connectivity index (χ0v) is 7.22. The lowest BCUT2D eigenvalue weighted by atomic mass is 10.0. The van der Waals surface area contributed by atoms with E-state index in [1.165, 1.54) is 0 Å². The maximum absolute atomic E-state index is 10.8. The summed E-state index contributed by atoms with van der Waals surface area (Å²) in [5, 5.41) is 8.26. The third-order valence-electron chi connectivity index (χ3n) is 1.14. The molecule has 0 spiro atoms. The third-order valence-corrected chi connectivity index (χ3v) is 1.14. The summed E-state index contributed by atoms with van der Waals surface area (Å²) in [5.41, 5.74) is 5.01. The van der Waals surface area contributed by atoms with E-state index in [4.69, 9.17) is 10.8 Å². The lowest BCUT2D eigenvalue weighted by Gasteiger charge is -2.06. The Morgan fingerprint density at radius 1 is 1.36 bits per heavy atom. The molecule has 0 aliphatic carbocycles. The molecule has 0 aliphatic heterocycles. The molecule has 0 heterocycles. The van der Waals surface area contributed by atoms with E-state index in [0.29, 0.717) is 0 Å². The largest absolute Gasteiger partial charge is 0.480 e. The fourth-order valence-corrected chi connectivity index (χ4v) is 0.481. The van der Waals surface area contributed by atoms with E-state index in [1.54, 1.807) is 13.8 Å². The van der Waals surface area contributed by atoms with Crippen LogP contribution in [0.4, 0.5) is 0 Å². The number of carboxylic acid groups (broad SMARTS) is 1. The predicted octanol–water partition coefficient (Wildman–Crippen LogP) is 0.0452. The second kappa shape index (κ2) is 5.09. The fourth-order valence-electron chi connectivity index (χ4n) is 0.481. The molecule has 5 heteroatoms. The van der Waals surface area contributed by atoms with Gasteiger partial charge in [-0.2, -0.15) is 0 Å². The summed E-state index contributed by atoms with van der Waals surface area (Å²) >= 11 is 0. The van der Waals surface area contributed by atoms with Crippen LogP contribution in [-0.4, -0.2) is 22.9 Å². The number of halogens is 1. The van der Waals surface area contributed by atoms with Crippen LogP contribution in [0.15, 0.2) is 0 Å². The minimum absolute atomic E-state index is 0. The topological polar surface area (TPSA) is 80.4 Å². The number of ketones is 1. The van der Waals surface area contributed by atoms with Crippen LogP contribution in [0.25, 0.3) is 0 Å². The molecule has 0 aromatic rings. The highest BCUT2D eigenvalue weighted by atomic mass is 35.5. The number of rotatable bonds is 3. The van der Waals surface area contributed by atoms with Gasteiger partial charge in [0.15, 0.2) is 11.8 Å². The van der Waals surface area contributed by atoms with Crippen molar-refractivity contribution < 1.29 is 14.7 Å². The van der Waals surface area contributed by atoms with Crippen LogP contribution in [0.3, 0.4) is 0 Å². The maximum atomic E-state index is 10.8. The van der Waals surface area contributed by atoms with Gasteiger partial charge in [-0.15, -0.1) is 12.4 Å². The Morgan fingerprint density at radius 3 is 1.82 bits per heavy atom. The highest BCUT2D eigenvalue weighted by Crippen LogP contribution is 1.97. The smallest absolute Gasteiger partial charge is 0.328 e. The number of hydrogen-bond acceptors (Lipinski definition) is 3. The molecule has 0 saturated carbocycles. The molecular formula is C6H12ClNO3. The van der Waals surface area contributed by atoms with E-state index in [0.717, 1.165) is 0 Å². The number of nitrogens with two attached hydrogens (primary N) is 1. The van der Waals surface area contributed by atoms with Gasteiger partial charge in [0.1, 0.15) is 0 Å². The summed E-state index contributed by atoms with van der Waals surface area (Å²) in [4.78, 5) is 20.9. The van der Waals surface area contributed by atoms with Crippen molar-refractivity contribution in [3.8, 4) is 0 Å². The van der Waals surface area contributed by atoms with E-state index >= 15 is 0 Å². The zero-order valence-electron chi connectivity index (χ0n) is 6.40. The van der Waals surface area contributed by atoms with Crippen LogP contribution >= 0.6 is 12.4 Å². The van der Waals surface area contributed by atoms with Gasteiger partial charge in [-0.3, -0.25) is 9.59 Å². The van der Waals surface area contributed by atoms with Crippen LogP contribution in [0.5, 0.6) is 0 Å². The summed E-state index contributed by atoms with van der Waals surface area (Å²) in [6, 6.07) is -1.36. The molecule has 66 valence electrons. The van der Waals surface area contributed by atoms with Crippen molar-refractivity contribution in [1.29, 1.82) is 0 Å². The normalized spacial score (nSPS) is 12.0. The van der Waals surface area contributed by atoms with Gasteiger partial charge in [0.05, 0.1) is 0 Å². The van der Waals surface area contributed by atoms with Crippen molar-refractivity contribution in [2.45, 2.75) is 19.9 Å². The van der Waals surface area contributed by atoms with Crippen molar-refractivity contribution in [1.82, 2.24) is 0 Å². The van der Waals surface area contributed by atoms with Gasteiger partial charge in [0.2, 0.25) is 0 Å². The minimum atomic E-state index is -1.36. The van der Waals surface area contributed by atoms with E-state index in [2.05, 4.69) is 0 Å². The average molecular weight is 182 g/mol. The first-order valence-electron chi connectivity index (χ1n) is 2.99. The van der Waals surface area contributed by atoms with Crippen molar-refractivity contribution in [2.24, 2.45) is 11.7 Å². The molecule has 3 N–H and O–H groups in total. The number of Topliss-reactive ketones (excluding diaryl/α,β-unsaturated/α-hetero) is 1. The minimum Gasteiger partial charge on any atom is -0.480 e. The van der Waals surface area contributed by atoms with Crippen LogP contribution in [0, 0.1) is 5.92 Å². The first-order chi connectivity index (χ1) is 4.46. The highest BCUT2D eigenvalue weighted by Gasteiger charge is 2.22. The maximum Gasteiger partial charge on any atom is 0.328 e. The van der Waals surface area contributed by atoms with Gasteiger partial charge in [-0.05, 0) is 0 Å². The predicted molar refractivity (Wildman–Crippen MR) is 42.7 cm³/mol. The standard InChI is InChI=1S/C6H11NO3.ClH/c1-3(2)5(8)4(7)6(9)10;/h3-4H,7H2,1-2H3,(H,9,10);1H. The van der Waals surface area contributed by atoms with E-state index < -0.39 is 17.8 Å². The highest BCUT2D eigenvalue weighted by molar-refractivity contribution is 6.02. The van der Waals surface area contributed by atoms with Gasteiger partial charge in [-0.25, -0.2) is 0 Å². The van der Waals surface area contributed by atoms with E-state index in [9.17, 15) is 9.59 Å². The number of aliphatic carboxylic acids is 1. The second-order valence-electron chi connectivity index (χ2n) is 2.37. The zero-order chi connectivity index (χ0) is 8.31. The lowest BCUT2D eigenvalue weighted by Crippen LogP contribution is -2.40. The molecule has 4 nitrogen and oxygen atoms in total. The van der Waals surface area contributed by atoms with Crippen LogP contribution < -0.4 is 5.73 Å². The Labute approximate surface area is 71.2 Å². The van der Waals surface area contributed by atoms with Crippen LogP contribution in [0.1, 0.15) is 13.8 Å². The summed E-state index contributed by atoms with van der Waals surface area (Å²) in [5.74, 6) is -2.02. The fraction of sp³-hybridized carbons (Fsp3) is 0.667. The molecule has 0 saturated heterocycles. The quantitative estimate of drug-likeness (QED) is 0.603. The van der Waals surface area contributed by atoms with E-state index in [-0.39, 0.29) is 18.3 Å². The molecule has 11 heavy (non-hydrogen) atoms. The van der Waals surface area contributed by atoms with Gasteiger partial charge in [-0.1, -0.05) is 13.8 Å². The molecule has 0 aromatic carbocycles. The Hall–Kier alpha value is -0.610. The molecule has 0 bridgehead atoms. The van der Waals surface area contributed by atoms with Crippen LogP contribution in [-0.2, 0) is 9.59 Å². The first-order valence-corrected chi connectivity index (χ1v) is 2.99. The second-order valence-corrected chi connectivity index (χ2v) is 2.37. The number of carboxylic acids is 1. The van der Waals surface area contributed by atoms with Crippen molar-refractivity contribution in [3.05, 3.63) is 0 Å². The third kappa shape index (κ3) is 3.95. The van der Waals surface area contributed by atoms with Gasteiger partial charge in [0.25, 0.3) is 0 Å². The molecule has 0 fully saturated rings. The summed E-state index contributed by atoms with van der Waals surface area (Å²) in [6.07, 6.45) is 0. The molecule has 0 aromatic heterocycles. The Kier molecular flexibility index (Phi) is 6.03. The molecule has 0 rings (SSSR count). The van der Waals surface area contributed by atoms with Crippen molar-refractivity contribution >= 4 is 24.2 Å². The van der Waals surface area contributed by atoms with Crippen molar-refractivity contribution in [3.63, 3.8) is 0 Å². The van der Waals surface area contributed by atoms with E-state index in [1.807, 2.05) is 0 Å². The molecular weight excluding hydrogens is 170 g/mol. The first kappa shape index (κ1) is 13.0.